The summed E-state index contributed by atoms with van der Waals surface area (Å²) < 4.78 is 5.27. The van der Waals surface area contributed by atoms with Gasteiger partial charge in [-0.25, -0.2) is 0 Å². The van der Waals surface area contributed by atoms with Crippen molar-refractivity contribution in [2.45, 2.75) is 19.9 Å². The van der Waals surface area contributed by atoms with Crippen LogP contribution in [-0.4, -0.2) is 60.9 Å². The zero-order valence-corrected chi connectivity index (χ0v) is 15.4. The fraction of sp³-hybridized carbons (Fsp3) is 0.474. The van der Waals surface area contributed by atoms with Crippen LogP contribution in [0.4, 0.5) is 0 Å². The first-order valence-corrected chi connectivity index (χ1v) is 8.35. The summed E-state index contributed by atoms with van der Waals surface area (Å²) in [6, 6.07) is 6.66. The number of rotatable bonds is 7. The van der Waals surface area contributed by atoms with E-state index in [9.17, 15) is 14.7 Å². The van der Waals surface area contributed by atoms with Crippen molar-refractivity contribution in [2.24, 2.45) is 5.92 Å². The number of aliphatic hydroxyl groups is 1. The van der Waals surface area contributed by atoms with Crippen molar-refractivity contribution in [1.29, 1.82) is 0 Å². The van der Waals surface area contributed by atoms with Crippen LogP contribution < -0.4 is 4.74 Å². The Bertz CT molecular complexity index is 694. The molecule has 1 aliphatic rings. The van der Waals surface area contributed by atoms with Gasteiger partial charge in [0.05, 0.1) is 18.7 Å². The number of Topliss-reactive ketones (excluding diaryl/α,β-unsaturated/α-hetero) is 1. The smallest absolute Gasteiger partial charge is 0.290 e. The highest BCUT2D eigenvalue weighted by Crippen LogP contribution is 2.39. The maximum absolute atomic E-state index is 12.7. The van der Waals surface area contributed by atoms with Crippen LogP contribution >= 0.6 is 0 Å². The molecule has 6 nitrogen and oxygen atoms in total. The van der Waals surface area contributed by atoms with E-state index in [0.717, 1.165) is 5.56 Å². The van der Waals surface area contributed by atoms with Crippen LogP contribution in [0.15, 0.2) is 35.6 Å². The van der Waals surface area contributed by atoms with E-state index in [2.05, 4.69) is 0 Å². The van der Waals surface area contributed by atoms with Gasteiger partial charge in [0, 0.05) is 19.0 Å². The minimum absolute atomic E-state index is 0.173. The van der Waals surface area contributed by atoms with Crippen molar-refractivity contribution >= 4 is 11.7 Å². The number of ether oxygens (including phenoxy) is 1. The predicted molar refractivity (Wildman–Crippen MR) is 95.5 cm³/mol. The quantitative estimate of drug-likeness (QED) is 0.819. The van der Waals surface area contributed by atoms with Gasteiger partial charge in [0.15, 0.2) is 11.5 Å². The van der Waals surface area contributed by atoms with E-state index >= 15 is 0 Å². The lowest BCUT2D eigenvalue weighted by Crippen LogP contribution is -2.36. The number of methoxy groups -OCH3 is 1. The number of carbonyl (C=O) groups excluding carboxylic acids is 2. The number of benzene rings is 1. The lowest BCUT2D eigenvalue weighted by molar-refractivity contribution is -0.129. The van der Waals surface area contributed by atoms with E-state index in [1.54, 1.807) is 38.0 Å². The van der Waals surface area contributed by atoms with Gasteiger partial charge in [0.1, 0.15) is 5.75 Å². The van der Waals surface area contributed by atoms with Crippen LogP contribution in [0.2, 0.25) is 0 Å². The number of carbonyl (C=O) groups is 2. The number of likely N-dealkylation sites (N-methyl/N-ethyl adjacent to an activating group) is 1. The highest BCUT2D eigenvalue weighted by atomic mass is 16.5. The molecule has 1 aromatic carbocycles. The Hall–Kier alpha value is -2.34. The van der Waals surface area contributed by atoms with Crippen LogP contribution in [0, 0.1) is 5.92 Å². The summed E-state index contributed by atoms with van der Waals surface area (Å²) >= 11 is 0. The Balaban J connectivity index is 2.51. The molecule has 25 heavy (non-hydrogen) atoms. The Morgan fingerprint density at radius 2 is 2.04 bits per heavy atom. The minimum Gasteiger partial charge on any atom is -0.503 e. The molecule has 0 bridgehead atoms. The largest absolute Gasteiger partial charge is 0.503 e. The third-order valence-electron chi connectivity index (χ3n) is 4.29. The fourth-order valence-electron chi connectivity index (χ4n) is 2.91. The molecule has 1 aliphatic heterocycles. The molecule has 2 rings (SSSR count). The lowest BCUT2D eigenvalue weighted by atomic mass is 9.91. The molecule has 1 atom stereocenters. The fourth-order valence-corrected chi connectivity index (χ4v) is 2.91. The van der Waals surface area contributed by atoms with Crippen molar-refractivity contribution in [3.63, 3.8) is 0 Å². The van der Waals surface area contributed by atoms with Crippen molar-refractivity contribution in [1.82, 2.24) is 9.80 Å². The Morgan fingerprint density at radius 3 is 2.60 bits per heavy atom. The zero-order chi connectivity index (χ0) is 18.7. The molecule has 0 radical (unpaired) electrons. The summed E-state index contributed by atoms with van der Waals surface area (Å²) in [6.45, 7) is 4.56. The van der Waals surface area contributed by atoms with E-state index in [1.165, 1.54) is 0 Å². The van der Waals surface area contributed by atoms with Crippen molar-refractivity contribution in [3.8, 4) is 5.75 Å². The molecule has 1 aromatic rings. The maximum Gasteiger partial charge on any atom is 0.290 e. The third-order valence-corrected chi connectivity index (χ3v) is 4.29. The summed E-state index contributed by atoms with van der Waals surface area (Å²) in [5, 5.41) is 10.4. The van der Waals surface area contributed by atoms with E-state index < -0.39 is 17.7 Å². The first-order chi connectivity index (χ1) is 11.8. The number of hydrogen-bond acceptors (Lipinski definition) is 5. The molecule has 0 saturated carbocycles. The molecule has 1 unspecified atom stereocenters. The van der Waals surface area contributed by atoms with Crippen molar-refractivity contribution in [2.75, 3.05) is 34.3 Å². The summed E-state index contributed by atoms with van der Waals surface area (Å²) in [7, 11) is 5.39. The molecule has 136 valence electrons. The maximum atomic E-state index is 12.7. The normalized spacial score (nSPS) is 17.8. The van der Waals surface area contributed by atoms with Gasteiger partial charge in [-0.3, -0.25) is 9.59 Å². The predicted octanol–water partition coefficient (Wildman–Crippen LogP) is 2.18. The van der Waals surface area contributed by atoms with Gasteiger partial charge in [0.2, 0.25) is 0 Å². The first kappa shape index (κ1) is 19.0. The van der Waals surface area contributed by atoms with Crippen LogP contribution in [0.5, 0.6) is 5.75 Å². The third kappa shape index (κ3) is 3.85. The standard InChI is InChI=1S/C19H26N2O4/c1-12(2)17(22)15-16(13-7-6-8-14(11-13)25-5)21(10-9-20(3)4)19(24)18(15)23/h6-8,11-12,16,23H,9-10H2,1-5H3. The number of amides is 1. The van der Waals surface area contributed by atoms with Gasteiger partial charge in [-0.15, -0.1) is 0 Å². The molecule has 1 amide bonds. The second kappa shape index (κ2) is 7.70. The molecule has 1 heterocycles. The van der Waals surface area contributed by atoms with Crippen molar-refractivity contribution < 1.29 is 19.4 Å². The van der Waals surface area contributed by atoms with Gasteiger partial charge in [-0.05, 0) is 31.8 Å². The first-order valence-electron chi connectivity index (χ1n) is 8.35. The van der Waals surface area contributed by atoms with Gasteiger partial charge < -0.3 is 19.6 Å². The molecule has 0 spiro atoms. The Labute approximate surface area is 148 Å². The van der Waals surface area contributed by atoms with Gasteiger partial charge in [-0.2, -0.15) is 0 Å². The molecule has 1 N–H and O–H groups in total. The Kier molecular flexibility index (Phi) is 5.85. The van der Waals surface area contributed by atoms with Crippen LogP contribution in [0.25, 0.3) is 0 Å². The highest BCUT2D eigenvalue weighted by Gasteiger charge is 2.43. The number of aliphatic hydroxyl groups excluding tert-OH is 1. The van der Waals surface area contributed by atoms with Gasteiger partial charge >= 0.3 is 0 Å². The summed E-state index contributed by atoms with van der Waals surface area (Å²) in [4.78, 5) is 28.8. The molecule has 6 heteroatoms. The van der Waals surface area contributed by atoms with E-state index in [-0.39, 0.29) is 17.3 Å². The molecule has 0 aliphatic carbocycles. The monoisotopic (exact) mass is 346 g/mol. The lowest BCUT2D eigenvalue weighted by Gasteiger charge is -2.28. The zero-order valence-electron chi connectivity index (χ0n) is 15.4. The number of hydrogen-bond donors (Lipinski definition) is 1. The van der Waals surface area contributed by atoms with Crippen molar-refractivity contribution in [3.05, 3.63) is 41.2 Å². The second-order valence-electron chi connectivity index (χ2n) is 6.76. The Morgan fingerprint density at radius 1 is 1.36 bits per heavy atom. The second-order valence-corrected chi connectivity index (χ2v) is 6.76. The molecular formula is C19H26N2O4. The van der Waals surface area contributed by atoms with Crippen LogP contribution in [0.1, 0.15) is 25.5 Å². The van der Waals surface area contributed by atoms with E-state index in [1.807, 2.05) is 31.1 Å². The number of nitrogens with zero attached hydrogens (tertiary/aromatic N) is 2. The highest BCUT2D eigenvalue weighted by molar-refractivity contribution is 6.09. The summed E-state index contributed by atoms with van der Waals surface area (Å²) in [5.41, 5.74) is 0.923. The molecule has 0 saturated heterocycles. The molecular weight excluding hydrogens is 320 g/mol. The SMILES string of the molecule is COc1cccc(C2C(C(=O)C(C)C)=C(O)C(=O)N2CCN(C)C)c1. The average molecular weight is 346 g/mol. The van der Waals surface area contributed by atoms with Gasteiger partial charge in [-0.1, -0.05) is 26.0 Å². The van der Waals surface area contributed by atoms with Crippen LogP contribution in [-0.2, 0) is 9.59 Å². The van der Waals surface area contributed by atoms with Crippen LogP contribution in [0.3, 0.4) is 0 Å². The summed E-state index contributed by atoms with van der Waals surface area (Å²) in [5.74, 6) is -0.831. The van der Waals surface area contributed by atoms with E-state index in [4.69, 9.17) is 4.74 Å². The minimum atomic E-state index is -0.600. The molecule has 0 fully saturated rings. The topological polar surface area (TPSA) is 70.1 Å². The number of ketones is 1. The van der Waals surface area contributed by atoms with Gasteiger partial charge in [0.25, 0.3) is 5.91 Å². The summed E-state index contributed by atoms with van der Waals surface area (Å²) in [6.07, 6.45) is 0. The average Bonchev–Trinajstić information content (AvgIpc) is 2.83. The van der Waals surface area contributed by atoms with E-state index in [0.29, 0.717) is 18.8 Å². The molecule has 0 aromatic heterocycles.